The summed E-state index contributed by atoms with van der Waals surface area (Å²) in [5.74, 6) is 1.70. The molecule has 2 aromatic rings. The fourth-order valence-electron chi connectivity index (χ4n) is 3.26. The van der Waals surface area contributed by atoms with E-state index in [4.69, 9.17) is 32.7 Å². The van der Waals surface area contributed by atoms with Crippen molar-refractivity contribution in [1.29, 1.82) is 0 Å². The fraction of sp³-hybridized carbons (Fsp3) is 0.429. The van der Waals surface area contributed by atoms with Crippen LogP contribution in [0.2, 0.25) is 0 Å². The van der Waals surface area contributed by atoms with Crippen molar-refractivity contribution < 1.29 is 9.47 Å². The normalized spacial score (nSPS) is 17.6. The largest absolute Gasteiger partial charge is 0.491 e. The van der Waals surface area contributed by atoms with Gasteiger partial charge in [0.1, 0.15) is 15.8 Å². The molecule has 0 aliphatic heterocycles. The molecule has 1 saturated carbocycles. The molecular formula is C21H24Cl2O2. The molecule has 134 valence electrons. The molecule has 2 nitrogen and oxygen atoms in total. The summed E-state index contributed by atoms with van der Waals surface area (Å²) in [5.41, 5.74) is 1.82. The molecule has 1 aliphatic rings. The Morgan fingerprint density at radius 2 is 1.04 bits per heavy atom. The van der Waals surface area contributed by atoms with Gasteiger partial charge in [-0.2, -0.15) is 0 Å². The summed E-state index contributed by atoms with van der Waals surface area (Å²) in [6, 6.07) is 16.2. The lowest BCUT2D eigenvalue weighted by molar-refractivity contribution is 0.242. The van der Waals surface area contributed by atoms with Gasteiger partial charge in [0, 0.05) is 0 Å². The summed E-state index contributed by atoms with van der Waals surface area (Å²) in [7, 11) is 0. The van der Waals surface area contributed by atoms with Crippen LogP contribution in [-0.2, 0) is 5.41 Å². The predicted molar refractivity (Wildman–Crippen MR) is 104 cm³/mol. The van der Waals surface area contributed by atoms with Crippen LogP contribution in [0.25, 0.3) is 0 Å². The van der Waals surface area contributed by atoms with Gasteiger partial charge in [-0.05, 0) is 69.5 Å². The van der Waals surface area contributed by atoms with E-state index < -0.39 is 4.33 Å². The van der Waals surface area contributed by atoms with E-state index in [2.05, 4.69) is 24.3 Å². The third-order valence-electron chi connectivity index (χ3n) is 4.42. The Bertz CT molecular complexity index is 665. The minimum absolute atomic E-state index is 0.148. The standard InChI is InChI=1S/C21H24Cl2O2/c1-14(2)24-18-9-5-16(6-10-18)20(13-21(20,22)23)17-7-11-19(12-8-17)25-15(3)4/h5-12,14-15H,13H2,1-4H3. The molecular weight excluding hydrogens is 355 g/mol. The molecule has 0 heterocycles. The van der Waals surface area contributed by atoms with E-state index >= 15 is 0 Å². The second kappa shape index (κ2) is 6.74. The molecule has 0 radical (unpaired) electrons. The molecule has 2 aromatic carbocycles. The zero-order valence-electron chi connectivity index (χ0n) is 15.1. The number of benzene rings is 2. The maximum Gasteiger partial charge on any atom is 0.133 e. The summed E-state index contributed by atoms with van der Waals surface area (Å²) in [6.45, 7) is 8.05. The molecule has 1 fully saturated rings. The highest BCUT2D eigenvalue weighted by Gasteiger charge is 2.68. The van der Waals surface area contributed by atoms with Crippen LogP contribution in [0.4, 0.5) is 0 Å². The molecule has 0 saturated heterocycles. The zero-order chi connectivity index (χ0) is 18.2. The second-order valence-corrected chi connectivity index (χ2v) is 8.65. The Hall–Kier alpha value is -1.38. The van der Waals surface area contributed by atoms with Crippen molar-refractivity contribution in [3.05, 3.63) is 59.7 Å². The molecule has 3 rings (SSSR count). The average molecular weight is 379 g/mol. The minimum Gasteiger partial charge on any atom is -0.491 e. The summed E-state index contributed by atoms with van der Waals surface area (Å²) in [6.07, 6.45) is 0.987. The van der Waals surface area contributed by atoms with Gasteiger partial charge in [0.25, 0.3) is 0 Å². The van der Waals surface area contributed by atoms with Crippen molar-refractivity contribution in [3.8, 4) is 11.5 Å². The van der Waals surface area contributed by atoms with Crippen molar-refractivity contribution in [2.45, 2.75) is 56.1 Å². The molecule has 0 amide bonds. The number of alkyl halides is 2. The maximum atomic E-state index is 6.58. The van der Waals surface area contributed by atoms with Crippen LogP contribution < -0.4 is 9.47 Å². The highest BCUT2D eigenvalue weighted by molar-refractivity contribution is 6.52. The summed E-state index contributed by atoms with van der Waals surface area (Å²) in [4.78, 5) is 0. The van der Waals surface area contributed by atoms with Crippen LogP contribution in [0.5, 0.6) is 11.5 Å². The third-order valence-corrected chi connectivity index (χ3v) is 5.34. The van der Waals surface area contributed by atoms with Crippen LogP contribution in [0.3, 0.4) is 0 Å². The lowest BCUT2D eigenvalue weighted by Crippen LogP contribution is -2.17. The van der Waals surface area contributed by atoms with E-state index in [0.29, 0.717) is 6.42 Å². The van der Waals surface area contributed by atoms with Crippen LogP contribution >= 0.6 is 23.2 Å². The monoisotopic (exact) mass is 378 g/mol. The Morgan fingerprint density at radius 1 is 0.720 bits per heavy atom. The second-order valence-electron chi connectivity index (χ2n) is 7.17. The molecule has 0 atom stereocenters. The number of halogens is 2. The van der Waals surface area contributed by atoms with E-state index in [1.165, 1.54) is 0 Å². The van der Waals surface area contributed by atoms with Gasteiger partial charge in [0.15, 0.2) is 0 Å². The van der Waals surface area contributed by atoms with Crippen LogP contribution in [-0.4, -0.2) is 16.5 Å². The lowest BCUT2D eigenvalue weighted by Gasteiger charge is -2.21. The number of hydrogen-bond acceptors (Lipinski definition) is 2. The molecule has 4 heteroatoms. The Kier molecular flexibility index (Phi) is 4.96. The average Bonchev–Trinajstić information content (AvgIpc) is 3.11. The van der Waals surface area contributed by atoms with Crippen molar-refractivity contribution in [2.75, 3.05) is 0 Å². The molecule has 25 heavy (non-hydrogen) atoms. The molecule has 0 spiro atoms. The molecule has 0 unspecified atom stereocenters. The highest BCUT2D eigenvalue weighted by atomic mass is 35.5. The van der Waals surface area contributed by atoms with Crippen molar-refractivity contribution in [3.63, 3.8) is 0 Å². The van der Waals surface area contributed by atoms with Gasteiger partial charge in [-0.15, -0.1) is 23.2 Å². The van der Waals surface area contributed by atoms with E-state index in [0.717, 1.165) is 22.6 Å². The molecule has 0 bridgehead atoms. The lowest BCUT2D eigenvalue weighted by atomic mass is 9.88. The van der Waals surface area contributed by atoms with Crippen molar-refractivity contribution in [1.82, 2.24) is 0 Å². The van der Waals surface area contributed by atoms with Crippen LogP contribution in [0.1, 0.15) is 45.2 Å². The Labute approximate surface area is 160 Å². The van der Waals surface area contributed by atoms with Gasteiger partial charge in [-0.3, -0.25) is 0 Å². The van der Waals surface area contributed by atoms with E-state index in [-0.39, 0.29) is 17.6 Å². The quantitative estimate of drug-likeness (QED) is 0.563. The maximum absolute atomic E-state index is 6.58. The fourth-order valence-corrected chi connectivity index (χ4v) is 4.10. The first-order chi connectivity index (χ1) is 11.7. The summed E-state index contributed by atoms with van der Waals surface area (Å²) >= 11 is 13.2. The van der Waals surface area contributed by atoms with Gasteiger partial charge >= 0.3 is 0 Å². The molecule has 0 N–H and O–H groups in total. The van der Waals surface area contributed by atoms with Crippen LogP contribution in [0.15, 0.2) is 48.5 Å². The van der Waals surface area contributed by atoms with Gasteiger partial charge in [-0.25, -0.2) is 0 Å². The minimum atomic E-state index is -0.798. The van der Waals surface area contributed by atoms with Gasteiger partial charge in [-0.1, -0.05) is 24.3 Å². The van der Waals surface area contributed by atoms with E-state index in [1.54, 1.807) is 0 Å². The smallest absolute Gasteiger partial charge is 0.133 e. The number of ether oxygens (including phenoxy) is 2. The first-order valence-electron chi connectivity index (χ1n) is 8.67. The van der Waals surface area contributed by atoms with Crippen molar-refractivity contribution in [2.24, 2.45) is 0 Å². The topological polar surface area (TPSA) is 18.5 Å². The Balaban J connectivity index is 1.90. The summed E-state index contributed by atoms with van der Waals surface area (Å²) < 4.78 is 10.7. The molecule has 1 aliphatic carbocycles. The van der Waals surface area contributed by atoms with E-state index in [1.807, 2.05) is 52.0 Å². The SMILES string of the molecule is CC(C)Oc1ccc(C2(c3ccc(OC(C)C)cc3)CC2(Cl)Cl)cc1. The highest BCUT2D eigenvalue weighted by Crippen LogP contribution is 2.68. The van der Waals surface area contributed by atoms with Gasteiger partial charge < -0.3 is 9.47 Å². The number of rotatable bonds is 6. The first kappa shape index (κ1) is 18.4. The zero-order valence-corrected chi connectivity index (χ0v) is 16.6. The van der Waals surface area contributed by atoms with E-state index in [9.17, 15) is 0 Å². The first-order valence-corrected chi connectivity index (χ1v) is 9.42. The van der Waals surface area contributed by atoms with Crippen molar-refractivity contribution >= 4 is 23.2 Å². The van der Waals surface area contributed by atoms with Crippen LogP contribution in [0, 0.1) is 0 Å². The Morgan fingerprint density at radius 3 is 1.28 bits per heavy atom. The van der Waals surface area contributed by atoms with Gasteiger partial charge in [0.2, 0.25) is 0 Å². The third kappa shape index (κ3) is 3.61. The summed E-state index contributed by atoms with van der Waals surface area (Å²) in [5, 5.41) is 0. The number of hydrogen-bond donors (Lipinski definition) is 0. The van der Waals surface area contributed by atoms with Gasteiger partial charge in [0.05, 0.1) is 17.6 Å². The predicted octanol–water partition coefficient (Wildman–Crippen LogP) is 6.12. The molecule has 0 aromatic heterocycles.